The molecule has 1 aromatic carbocycles. The molecule has 1 aliphatic rings. The van der Waals surface area contributed by atoms with Crippen LogP contribution < -0.4 is 15.4 Å². The fourth-order valence-corrected chi connectivity index (χ4v) is 3.59. The first kappa shape index (κ1) is 22.9. The number of ether oxygens (including phenoxy) is 2. The average Bonchev–Trinajstić information content (AvgIpc) is 2.61. The molecule has 3 N–H and O–H groups in total. The van der Waals surface area contributed by atoms with Crippen LogP contribution in [0.2, 0.25) is 0 Å². The third-order valence-electron chi connectivity index (χ3n) is 3.82. The maximum absolute atomic E-state index is 12.1. The van der Waals surface area contributed by atoms with Crippen LogP contribution >= 0.6 is 0 Å². The van der Waals surface area contributed by atoms with Gasteiger partial charge in [-0.05, 0) is 32.8 Å². The lowest BCUT2D eigenvalue weighted by Crippen LogP contribution is -2.59. The molecule has 2 atom stereocenters. The van der Waals surface area contributed by atoms with E-state index in [1.165, 1.54) is 0 Å². The van der Waals surface area contributed by atoms with Gasteiger partial charge < -0.3 is 20.1 Å². The molecule has 162 valence electrons. The highest BCUT2D eigenvalue weighted by molar-refractivity contribution is 7.84. The topological polar surface area (TPSA) is 132 Å². The monoisotopic (exact) mass is 429 g/mol. The molecule has 0 aliphatic carbocycles. The molecule has 10 nitrogen and oxygen atoms in total. The Balaban J connectivity index is 1.85. The van der Waals surface area contributed by atoms with Crippen molar-refractivity contribution in [3.05, 3.63) is 35.9 Å². The van der Waals surface area contributed by atoms with E-state index in [0.29, 0.717) is 0 Å². The van der Waals surface area contributed by atoms with Crippen molar-refractivity contribution in [2.45, 2.75) is 51.5 Å². The number of nitrogens with one attached hydrogen (secondary N) is 3. The van der Waals surface area contributed by atoms with Gasteiger partial charge in [-0.3, -0.25) is 4.18 Å². The van der Waals surface area contributed by atoms with Gasteiger partial charge >= 0.3 is 22.5 Å². The molecule has 0 spiro atoms. The van der Waals surface area contributed by atoms with Crippen LogP contribution in [0.1, 0.15) is 32.8 Å². The summed E-state index contributed by atoms with van der Waals surface area (Å²) in [6.07, 6.45) is -1.10. The van der Waals surface area contributed by atoms with Gasteiger partial charge in [-0.15, -0.1) is 0 Å². The quantitative estimate of drug-likeness (QED) is 0.623. The van der Waals surface area contributed by atoms with Gasteiger partial charge in [-0.1, -0.05) is 30.3 Å². The van der Waals surface area contributed by atoms with E-state index in [0.717, 1.165) is 5.56 Å². The van der Waals surface area contributed by atoms with E-state index in [2.05, 4.69) is 15.4 Å². The molecule has 2 amide bonds. The van der Waals surface area contributed by atoms with Gasteiger partial charge in [0.1, 0.15) is 12.2 Å². The number of hydrogen-bond donors (Lipinski definition) is 3. The molecule has 0 aromatic heterocycles. The second kappa shape index (κ2) is 9.90. The molecular formula is C18H27N3O7S. The van der Waals surface area contributed by atoms with Crippen LogP contribution in [0.5, 0.6) is 0 Å². The first-order valence-corrected chi connectivity index (χ1v) is 10.6. The van der Waals surface area contributed by atoms with E-state index in [1.54, 1.807) is 20.8 Å². The second-order valence-corrected chi connectivity index (χ2v) is 8.87. The first-order chi connectivity index (χ1) is 13.5. The number of carbonyl (C=O) groups excluding carboxylic acids is 2. The number of amides is 2. The van der Waals surface area contributed by atoms with Gasteiger partial charge in [0, 0.05) is 12.6 Å². The van der Waals surface area contributed by atoms with Gasteiger partial charge in [0.25, 0.3) is 0 Å². The molecule has 1 unspecified atom stereocenters. The molecule has 11 heteroatoms. The van der Waals surface area contributed by atoms with Crippen molar-refractivity contribution >= 4 is 22.5 Å². The van der Waals surface area contributed by atoms with Crippen molar-refractivity contribution in [2.75, 3.05) is 13.2 Å². The number of alkyl carbamates (subject to hydrolysis) is 2. The van der Waals surface area contributed by atoms with Crippen molar-refractivity contribution < 1.29 is 31.7 Å². The summed E-state index contributed by atoms with van der Waals surface area (Å²) in [4.78, 5) is 23.8. The SMILES string of the molecule is CC(C)(C)OC(=O)NCC[C@@H]1NS(=O)(=O)OCC1NC(=O)OCc1ccccc1. The number of hydrogen-bond acceptors (Lipinski definition) is 7. The van der Waals surface area contributed by atoms with E-state index in [4.69, 9.17) is 13.7 Å². The highest BCUT2D eigenvalue weighted by Gasteiger charge is 2.34. The van der Waals surface area contributed by atoms with Crippen LogP contribution in [-0.2, 0) is 30.6 Å². The lowest BCUT2D eigenvalue weighted by molar-refractivity contribution is 0.0524. The normalized spacial score (nSPS) is 21.1. The predicted molar refractivity (Wildman–Crippen MR) is 104 cm³/mol. The number of rotatable bonds is 6. The summed E-state index contributed by atoms with van der Waals surface area (Å²) in [6, 6.07) is 7.79. The van der Waals surface area contributed by atoms with Gasteiger partial charge in [0.05, 0.1) is 12.6 Å². The minimum atomic E-state index is -3.92. The van der Waals surface area contributed by atoms with Crippen LogP contribution in [0.3, 0.4) is 0 Å². The Morgan fingerprint density at radius 1 is 1.21 bits per heavy atom. The van der Waals surface area contributed by atoms with Crippen molar-refractivity contribution in [1.82, 2.24) is 15.4 Å². The van der Waals surface area contributed by atoms with Crippen molar-refractivity contribution in [3.8, 4) is 0 Å². The van der Waals surface area contributed by atoms with Crippen LogP contribution in [-0.4, -0.2) is 51.4 Å². The van der Waals surface area contributed by atoms with E-state index in [1.807, 2.05) is 30.3 Å². The predicted octanol–water partition coefficient (Wildman–Crippen LogP) is 1.43. The van der Waals surface area contributed by atoms with Crippen LogP contribution in [0, 0.1) is 0 Å². The molecule has 1 aliphatic heterocycles. The molecular weight excluding hydrogens is 402 g/mol. The molecule has 1 fully saturated rings. The Bertz CT molecular complexity index is 793. The van der Waals surface area contributed by atoms with Gasteiger partial charge in [0.15, 0.2) is 0 Å². The Kier molecular flexibility index (Phi) is 7.82. The fourth-order valence-electron chi connectivity index (χ4n) is 2.54. The van der Waals surface area contributed by atoms with E-state index in [-0.39, 0.29) is 26.2 Å². The minimum Gasteiger partial charge on any atom is -0.445 e. The summed E-state index contributed by atoms with van der Waals surface area (Å²) in [6.45, 7) is 5.18. The molecule has 29 heavy (non-hydrogen) atoms. The van der Waals surface area contributed by atoms with Gasteiger partial charge in [-0.25, -0.2) is 9.59 Å². The lowest BCUT2D eigenvalue weighted by Gasteiger charge is -2.32. The van der Waals surface area contributed by atoms with Crippen LogP contribution in [0.4, 0.5) is 9.59 Å². The standard InChI is InChI=1S/C18H27N3O7S/c1-18(2,3)28-16(22)19-10-9-14-15(12-27-29(24,25)21-14)20-17(23)26-11-13-7-5-4-6-8-13/h4-8,14-15,21H,9-12H2,1-3H3,(H,19,22)(H,20,23)/t14-,15?/m0/s1. The highest BCUT2D eigenvalue weighted by Crippen LogP contribution is 2.12. The number of carbonyl (C=O) groups is 2. The zero-order chi connectivity index (χ0) is 21.5. The average molecular weight is 429 g/mol. The third kappa shape index (κ3) is 8.67. The summed E-state index contributed by atoms with van der Waals surface area (Å²) < 4.78 is 40.8. The van der Waals surface area contributed by atoms with Crippen LogP contribution in [0.25, 0.3) is 0 Å². The summed E-state index contributed by atoms with van der Waals surface area (Å²) in [5, 5.41) is 5.15. The zero-order valence-corrected chi connectivity index (χ0v) is 17.5. The second-order valence-electron chi connectivity index (χ2n) is 7.49. The Morgan fingerprint density at radius 2 is 1.90 bits per heavy atom. The molecule has 2 rings (SSSR count). The molecule has 0 bridgehead atoms. The van der Waals surface area contributed by atoms with Crippen molar-refractivity contribution in [3.63, 3.8) is 0 Å². The maximum atomic E-state index is 12.1. The summed E-state index contributed by atoms with van der Waals surface area (Å²) in [5.41, 5.74) is 0.179. The largest absolute Gasteiger partial charge is 0.445 e. The molecule has 0 radical (unpaired) electrons. The van der Waals surface area contributed by atoms with Crippen LogP contribution in [0.15, 0.2) is 30.3 Å². The fraction of sp³-hybridized carbons (Fsp3) is 0.556. The molecule has 1 heterocycles. The van der Waals surface area contributed by atoms with E-state index in [9.17, 15) is 18.0 Å². The minimum absolute atomic E-state index is 0.0802. The maximum Gasteiger partial charge on any atom is 0.407 e. The van der Waals surface area contributed by atoms with E-state index < -0.39 is 40.2 Å². The highest BCUT2D eigenvalue weighted by atomic mass is 32.2. The zero-order valence-electron chi connectivity index (χ0n) is 16.6. The molecule has 1 aromatic rings. The summed E-state index contributed by atoms with van der Waals surface area (Å²) >= 11 is 0. The number of benzene rings is 1. The lowest BCUT2D eigenvalue weighted by atomic mass is 10.1. The Hall–Kier alpha value is -2.37. The summed E-state index contributed by atoms with van der Waals surface area (Å²) in [5.74, 6) is 0. The first-order valence-electron chi connectivity index (χ1n) is 9.15. The Morgan fingerprint density at radius 3 is 2.55 bits per heavy atom. The van der Waals surface area contributed by atoms with Crippen molar-refractivity contribution in [2.24, 2.45) is 0 Å². The summed E-state index contributed by atoms with van der Waals surface area (Å²) in [7, 11) is -3.92. The third-order valence-corrected chi connectivity index (χ3v) is 4.86. The van der Waals surface area contributed by atoms with Crippen molar-refractivity contribution in [1.29, 1.82) is 0 Å². The Labute approximate surface area is 170 Å². The van der Waals surface area contributed by atoms with E-state index >= 15 is 0 Å². The van der Waals surface area contributed by atoms with Gasteiger partial charge in [0.2, 0.25) is 0 Å². The smallest absolute Gasteiger partial charge is 0.407 e. The van der Waals surface area contributed by atoms with Gasteiger partial charge in [-0.2, -0.15) is 13.1 Å². The molecule has 1 saturated heterocycles. The molecule has 0 saturated carbocycles.